The number of halogens is 2. The molecule has 0 fully saturated rings. The number of anilines is 2. The van der Waals surface area contributed by atoms with Gasteiger partial charge in [-0.15, -0.1) is 0 Å². The van der Waals surface area contributed by atoms with Crippen LogP contribution in [0.5, 0.6) is 5.75 Å². The van der Waals surface area contributed by atoms with Crippen LogP contribution in [0.1, 0.15) is 25.0 Å². The van der Waals surface area contributed by atoms with Gasteiger partial charge in [0.15, 0.2) is 0 Å². The van der Waals surface area contributed by atoms with Gasteiger partial charge in [0, 0.05) is 34.4 Å². The standard InChI is InChI=1S/C24H24ClFN2O2/c1-16(2)24(29)28-22-10-8-21(9-11-22)27-14-18-13-19(25)5-12-23(18)30-15-17-3-6-20(26)7-4-17/h3-13,16,27H,14-15H2,1-2H3,(H,28,29). The van der Waals surface area contributed by atoms with Gasteiger partial charge >= 0.3 is 0 Å². The number of carbonyl (C=O) groups excluding carboxylic acids is 1. The van der Waals surface area contributed by atoms with Crippen molar-refractivity contribution in [2.24, 2.45) is 5.92 Å². The van der Waals surface area contributed by atoms with E-state index in [-0.39, 0.29) is 17.6 Å². The molecular formula is C24H24ClFN2O2. The van der Waals surface area contributed by atoms with Gasteiger partial charge in [0.05, 0.1) is 0 Å². The summed E-state index contributed by atoms with van der Waals surface area (Å²) in [5.74, 6) is 0.346. The van der Waals surface area contributed by atoms with Crippen LogP contribution in [0.2, 0.25) is 5.02 Å². The molecule has 3 aromatic rings. The summed E-state index contributed by atoms with van der Waals surface area (Å²) < 4.78 is 19.0. The second kappa shape index (κ2) is 10.1. The van der Waals surface area contributed by atoms with E-state index < -0.39 is 0 Å². The fourth-order valence-corrected chi connectivity index (χ4v) is 2.92. The molecule has 3 rings (SSSR count). The quantitative estimate of drug-likeness (QED) is 0.446. The zero-order valence-electron chi connectivity index (χ0n) is 16.9. The van der Waals surface area contributed by atoms with Crippen LogP contribution in [-0.2, 0) is 17.9 Å². The second-order valence-electron chi connectivity index (χ2n) is 7.24. The summed E-state index contributed by atoms with van der Waals surface area (Å²) in [6.07, 6.45) is 0. The van der Waals surface area contributed by atoms with Crippen molar-refractivity contribution in [3.8, 4) is 5.75 Å². The summed E-state index contributed by atoms with van der Waals surface area (Å²) in [6.45, 7) is 4.55. The van der Waals surface area contributed by atoms with Crippen molar-refractivity contribution in [1.29, 1.82) is 0 Å². The van der Waals surface area contributed by atoms with Crippen molar-refractivity contribution >= 4 is 28.9 Å². The van der Waals surface area contributed by atoms with Gasteiger partial charge in [-0.25, -0.2) is 4.39 Å². The van der Waals surface area contributed by atoms with Crippen LogP contribution in [-0.4, -0.2) is 5.91 Å². The molecule has 0 aliphatic heterocycles. The van der Waals surface area contributed by atoms with Gasteiger partial charge in [0.1, 0.15) is 18.2 Å². The molecule has 0 saturated carbocycles. The highest BCUT2D eigenvalue weighted by atomic mass is 35.5. The summed E-state index contributed by atoms with van der Waals surface area (Å²) in [7, 11) is 0. The van der Waals surface area contributed by atoms with Crippen molar-refractivity contribution in [3.05, 3.63) is 88.7 Å². The Hall–Kier alpha value is -3.05. The third kappa shape index (κ3) is 6.22. The monoisotopic (exact) mass is 426 g/mol. The lowest BCUT2D eigenvalue weighted by Gasteiger charge is -2.14. The summed E-state index contributed by atoms with van der Waals surface area (Å²) in [5.41, 5.74) is 3.44. The normalized spacial score (nSPS) is 10.7. The average Bonchev–Trinajstić information content (AvgIpc) is 2.73. The lowest BCUT2D eigenvalue weighted by atomic mass is 10.1. The third-order valence-electron chi connectivity index (χ3n) is 4.49. The molecule has 0 bridgehead atoms. The molecule has 0 radical (unpaired) electrons. The predicted molar refractivity (Wildman–Crippen MR) is 119 cm³/mol. The van der Waals surface area contributed by atoms with Crippen molar-refractivity contribution in [2.75, 3.05) is 10.6 Å². The lowest BCUT2D eigenvalue weighted by molar-refractivity contribution is -0.118. The third-order valence-corrected chi connectivity index (χ3v) is 4.73. The second-order valence-corrected chi connectivity index (χ2v) is 7.68. The zero-order chi connectivity index (χ0) is 21.5. The Bertz CT molecular complexity index is 989. The van der Waals surface area contributed by atoms with E-state index in [4.69, 9.17) is 16.3 Å². The van der Waals surface area contributed by atoms with E-state index in [1.54, 1.807) is 18.2 Å². The largest absolute Gasteiger partial charge is 0.489 e. The van der Waals surface area contributed by atoms with Crippen LogP contribution in [0.15, 0.2) is 66.7 Å². The SMILES string of the molecule is CC(C)C(=O)Nc1ccc(NCc2cc(Cl)ccc2OCc2ccc(F)cc2)cc1. The van der Waals surface area contributed by atoms with Crippen LogP contribution in [0, 0.1) is 11.7 Å². The van der Waals surface area contributed by atoms with Gasteiger partial charge in [-0.2, -0.15) is 0 Å². The Balaban J connectivity index is 1.62. The van der Waals surface area contributed by atoms with Crippen LogP contribution in [0.25, 0.3) is 0 Å². The fourth-order valence-electron chi connectivity index (χ4n) is 2.72. The minimum absolute atomic E-state index is 0.0161. The molecular weight excluding hydrogens is 403 g/mol. The highest BCUT2D eigenvalue weighted by Gasteiger charge is 2.08. The topological polar surface area (TPSA) is 50.4 Å². The summed E-state index contributed by atoms with van der Waals surface area (Å²) in [4.78, 5) is 11.8. The Labute approximate surface area is 181 Å². The van der Waals surface area contributed by atoms with Gasteiger partial charge in [-0.3, -0.25) is 4.79 Å². The molecule has 0 aliphatic carbocycles. The molecule has 156 valence electrons. The van der Waals surface area contributed by atoms with E-state index in [2.05, 4.69) is 10.6 Å². The first-order chi connectivity index (χ1) is 14.4. The Kier molecular flexibility index (Phi) is 7.31. The van der Waals surface area contributed by atoms with E-state index in [0.717, 1.165) is 22.5 Å². The fraction of sp³-hybridized carbons (Fsp3) is 0.208. The number of nitrogens with one attached hydrogen (secondary N) is 2. The lowest BCUT2D eigenvalue weighted by Crippen LogP contribution is -2.17. The molecule has 6 heteroatoms. The molecule has 0 atom stereocenters. The van der Waals surface area contributed by atoms with Crippen LogP contribution < -0.4 is 15.4 Å². The minimum Gasteiger partial charge on any atom is -0.489 e. The van der Waals surface area contributed by atoms with Gasteiger partial charge in [-0.05, 0) is 60.2 Å². The average molecular weight is 427 g/mol. The van der Waals surface area contributed by atoms with Crippen LogP contribution in [0.3, 0.4) is 0 Å². The number of hydrogen-bond acceptors (Lipinski definition) is 3. The van der Waals surface area contributed by atoms with Crippen molar-refractivity contribution in [2.45, 2.75) is 27.0 Å². The maximum absolute atomic E-state index is 13.1. The van der Waals surface area contributed by atoms with Crippen LogP contribution >= 0.6 is 11.6 Å². The predicted octanol–water partition coefficient (Wildman–Crippen LogP) is 6.26. The highest BCUT2D eigenvalue weighted by Crippen LogP contribution is 2.25. The Morgan fingerprint density at radius 2 is 1.67 bits per heavy atom. The molecule has 0 aliphatic rings. The maximum Gasteiger partial charge on any atom is 0.226 e. The molecule has 1 amide bonds. The number of carbonyl (C=O) groups is 1. The maximum atomic E-state index is 13.1. The first kappa shape index (κ1) is 21.7. The summed E-state index contributed by atoms with van der Waals surface area (Å²) >= 11 is 6.16. The molecule has 0 unspecified atom stereocenters. The molecule has 0 aromatic heterocycles. The molecule has 30 heavy (non-hydrogen) atoms. The minimum atomic E-state index is -0.273. The Morgan fingerprint density at radius 1 is 1.00 bits per heavy atom. The number of rotatable bonds is 8. The van der Waals surface area contributed by atoms with E-state index in [0.29, 0.717) is 23.9 Å². The number of amides is 1. The van der Waals surface area contributed by atoms with Gasteiger partial charge in [0.2, 0.25) is 5.91 Å². The van der Waals surface area contributed by atoms with Crippen LogP contribution in [0.4, 0.5) is 15.8 Å². The molecule has 0 saturated heterocycles. The number of benzene rings is 3. The molecule has 3 aromatic carbocycles. The first-order valence-electron chi connectivity index (χ1n) is 9.71. The summed E-state index contributed by atoms with van der Waals surface area (Å²) in [5, 5.41) is 6.82. The van der Waals surface area contributed by atoms with Gasteiger partial charge < -0.3 is 15.4 Å². The molecule has 2 N–H and O–H groups in total. The Morgan fingerprint density at radius 3 is 2.33 bits per heavy atom. The van der Waals surface area contributed by atoms with E-state index in [1.165, 1.54) is 12.1 Å². The number of ether oxygens (including phenoxy) is 1. The van der Waals surface area contributed by atoms with Crippen molar-refractivity contribution < 1.29 is 13.9 Å². The van der Waals surface area contributed by atoms with E-state index in [9.17, 15) is 9.18 Å². The highest BCUT2D eigenvalue weighted by molar-refractivity contribution is 6.30. The van der Waals surface area contributed by atoms with Gasteiger partial charge in [-0.1, -0.05) is 37.6 Å². The zero-order valence-corrected chi connectivity index (χ0v) is 17.7. The number of hydrogen-bond donors (Lipinski definition) is 2. The van der Waals surface area contributed by atoms with Crippen molar-refractivity contribution in [1.82, 2.24) is 0 Å². The summed E-state index contributed by atoms with van der Waals surface area (Å²) in [6, 6.07) is 19.2. The molecule has 0 spiro atoms. The molecule has 4 nitrogen and oxygen atoms in total. The van der Waals surface area contributed by atoms with E-state index in [1.807, 2.05) is 50.2 Å². The van der Waals surface area contributed by atoms with Crippen molar-refractivity contribution in [3.63, 3.8) is 0 Å². The first-order valence-corrected chi connectivity index (χ1v) is 10.1. The molecule has 0 heterocycles. The van der Waals surface area contributed by atoms with E-state index >= 15 is 0 Å². The van der Waals surface area contributed by atoms with Gasteiger partial charge in [0.25, 0.3) is 0 Å². The smallest absolute Gasteiger partial charge is 0.226 e.